The maximum Gasteiger partial charge on any atom is 0.137 e. The fourth-order valence-corrected chi connectivity index (χ4v) is 2.87. The van der Waals surface area contributed by atoms with Crippen molar-refractivity contribution < 1.29 is 9.13 Å². The first-order valence-electron chi connectivity index (χ1n) is 6.35. The summed E-state index contributed by atoms with van der Waals surface area (Å²) in [6.07, 6.45) is 3.48. The molecule has 1 atom stereocenters. The molecule has 2 aromatic rings. The number of hydrogen-bond donors (Lipinski definition) is 1. The fraction of sp³-hybridized carbons (Fsp3) is 0.267. The Balaban J connectivity index is 2.38. The molecule has 5 heteroatoms. The molecule has 1 N–H and O–H groups in total. The molecule has 1 heterocycles. The zero-order chi connectivity index (χ0) is 14.5. The number of pyridine rings is 1. The molecule has 0 spiro atoms. The minimum atomic E-state index is -0.228. The molecule has 0 bridgehead atoms. The third-order valence-corrected chi connectivity index (χ3v) is 3.88. The monoisotopic (exact) mass is 386 g/mol. The van der Waals surface area contributed by atoms with Crippen LogP contribution in [0.4, 0.5) is 4.39 Å². The van der Waals surface area contributed by atoms with Crippen LogP contribution in [0.2, 0.25) is 0 Å². The van der Waals surface area contributed by atoms with Crippen LogP contribution >= 0.6 is 22.6 Å². The average molecular weight is 386 g/mol. The van der Waals surface area contributed by atoms with E-state index in [1.54, 1.807) is 18.5 Å². The summed E-state index contributed by atoms with van der Waals surface area (Å²) in [5.74, 6) is 0.511. The van der Waals surface area contributed by atoms with Crippen molar-refractivity contribution in [2.75, 3.05) is 13.7 Å². The van der Waals surface area contributed by atoms with Gasteiger partial charge >= 0.3 is 0 Å². The van der Waals surface area contributed by atoms with Crippen LogP contribution < -0.4 is 10.1 Å². The Kier molecular flexibility index (Phi) is 5.31. The normalized spacial score (nSPS) is 12.2. The Labute approximate surface area is 131 Å². The molecule has 1 aromatic carbocycles. The highest BCUT2D eigenvalue weighted by molar-refractivity contribution is 14.1. The summed E-state index contributed by atoms with van der Waals surface area (Å²) in [7, 11) is 1.87. The topological polar surface area (TPSA) is 34.1 Å². The smallest absolute Gasteiger partial charge is 0.137 e. The van der Waals surface area contributed by atoms with Crippen molar-refractivity contribution in [1.82, 2.24) is 10.3 Å². The summed E-state index contributed by atoms with van der Waals surface area (Å²) >= 11 is 2.15. The second kappa shape index (κ2) is 6.99. The van der Waals surface area contributed by atoms with Gasteiger partial charge in [0.15, 0.2) is 0 Å². The van der Waals surface area contributed by atoms with E-state index in [4.69, 9.17) is 4.74 Å². The van der Waals surface area contributed by atoms with Crippen LogP contribution in [0, 0.1) is 9.39 Å². The number of ether oxygens (including phenoxy) is 1. The van der Waals surface area contributed by atoms with Gasteiger partial charge < -0.3 is 10.1 Å². The Morgan fingerprint density at radius 3 is 2.80 bits per heavy atom. The molecule has 0 aliphatic rings. The lowest BCUT2D eigenvalue weighted by atomic mass is 10.0. The third kappa shape index (κ3) is 3.46. The fourth-order valence-electron chi connectivity index (χ4n) is 2.08. The maximum atomic E-state index is 13.2. The summed E-state index contributed by atoms with van der Waals surface area (Å²) in [4.78, 5) is 4.20. The van der Waals surface area contributed by atoms with Crippen LogP contribution in [0.25, 0.3) is 0 Å². The highest BCUT2D eigenvalue weighted by Gasteiger charge is 2.16. The first-order chi connectivity index (χ1) is 9.65. The molecular formula is C15H16FIN2O. The summed E-state index contributed by atoms with van der Waals surface area (Å²) in [6, 6.07) is 6.71. The number of aromatic nitrogens is 1. The number of benzene rings is 1. The standard InChI is InChI=1S/C15H16FIN2O/c1-3-20-12-6-10(8-19-9-12)15(18-2)13-5-4-11(16)7-14(13)17/h4-9,15,18H,3H2,1-2H3. The van der Waals surface area contributed by atoms with E-state index < -0.39 is 0 Å². The van der Waals surface area contributed by atoms with E-state index in [1.165, 1.54) is 12.1 Å². The summed E-state index contributed by atoms with van der Waals surface area (Å²) in [5.41, 5.74) is 2.01. The summed E-state index contributed by atoms with van der Waals surface area (Å²) in [6.45, 7) is 2.54. The van der Waals surface area contributed by atoms with E-state index in [1.807, 2.05) is 20.0 Å². The van der Waals surface area contributed by atoms with Gasteiger partial charge in [0.05, 0.1) is 18.8 Å². The Bertz CT molecular complexity index is 592. The molecule has 0 aliphatic carbocycles. The van der Waals surface area contributed by atoms with E-state index in [0.717, 1.165) is 20.4 Å². The first-order valence-corrected chi connectivity index (χ1v) is 7.43. The van der Waals surface area contributed by atoms with Crippen molar-refractivity contribution in [1.29, 1.82) is 0 Å². The lowest BCUT2D eigenvalue weighted by Gasteiger charge is -2.19. The molecular weight excluding hydrogens is 370 g/mol. The van der Waals surface area contributed by atoms with E-state index in [0.29, 0.717) is 6.61 Å². The van der Waals surface area contributed by atoms with Gasteiger partial charge in [0.1, 0.15) is 11.6 Å². The lowest BCUT2D eigenvalue weighted by Crippen LogP contribution is -2.19. The second-order valence-corrected chi connectivity index (χ2v) is 5.44. The van der Waals surface area contributed by atoms with Crippen molar-refractivity contribution >= 4 is 22.6 Å². The minimum absolute atomic E-state index is 0.0459. The van der Waals surface area contributed by atoms with Crippen molar-refractivity contribution in [3.63, 3.8) is 0 Å². The zero-order valence-corrected chi connectivity index (χ0v) is 13.5. The molecule has 0 fully saturated rings. The van der Waals surface area contributed by atoms with Crippen molar-refractivity contribution in [2.45, 2.75) is 13.0 Å². The van der Waals surface area contributed by atoms with E-state index >= 15 is 0 Å². The molecule has 0 saturated heterocycles. The van der Waals surface area contributed by atoms with Crippen molar-refractivity contribution in [2.24, 2.45) is 0 Å². The number of halogens is 2. The molecule has 2 rings (SSSR count). The molecule has 106 valence electrons. The molecule has 0 radical (unpaired) electrons. The largest absolute Gasteiger partial charge is 0.492 e. The van der Waals surface area contributed by atoms with Gasteiger partial charge in [-0.1, -0.05) is 6.07 Å². The number of nitrogens with one attached hydrogen (secondary N) is 1. The Hall–Kier alpha value is -1.21. The van der Waals surface area contributed by atoms with Crippen LogP contribution in [-0.2, 0) is 0 Å². The Morgan fingerprint density at radius 2 is 2.15 bits per heavy atom. The predicted molar refractivity (Wildman–Crippen MR) is 85.4 cm³/mol. The van der Waals surface area contributed by atoms with Crippen LogP contribution in [0.15, 0.2) is 36.7 Å². The first kappa shape index (κ1) is 15.2. The van der Waals surface area contributed by atoms with Crippen LogP contribution in [0.1, 0.15) is 24.1 Å². The number of hydrogen-bond acceptors (Lipinski definition) is 3. The summed E-state index contributed by atoms with van der Waals surface area (Å²) < 4.78 is 19.6. The van der Waals surface area contributed by atoms with E-state index in [2.05, 4.69) is 32.9 Å². The molecule has 3 nitrogen and oxygen atoms in total. The highest BCUT2D eigenvalue weighted by Crippen LogP contribution is 2.28. The predicted octanol–water partition coefficient (Wildman–Crippen LogP) is 3.53. The van der Waals surface area contributed by atoms with Gasteiger partial charge in [-0.2, -0.15) is 0 Å². The maximum absolute atomic E-state index is 13.2. The van der Waals surface area contributed by atoms with E-state index in [9.17, 15) is 4.39 Å². The quantitative estimate of drug-likeness (QED) is 0.799. The van der Waals surface area contributed by atoms with Gasteiger partial charge in [-0.3, -0.25) is 4.98 Å². The molecule has 1 aromatic heterocycles. The van der Waals surface area contributed by atoms with Gasteiger partial charge in [-0.05, 0) is 65.9 Å². The highest BCUT2D eigenvalue weighted by atomic mass is 127. The van der Waals surface area contributed by atoms with Gasteiger partial charge in [0, 0.05) is 9.77 Å². The van der Waals surface area contributed by atoms with Gasteiger partial charge in [0.2, 0.25) is 0 Å². The van der Waals surface area contributed by atoms with Gasteiger partial charge in [-0.25, -0.2) is 4.39 Å². The molecule has 1 unspecified atom stereocenters. The van der Waals surface area contributed by atoms with Crippen LogP contribution in [0.3, 0.4) is 0 Å². The minimum Gasteiger partial charge on any atom is -0.492 e. The molecule has 0 amide bonds. The second-order valence-electron chi connectivity index (χ2n) is 4.27. The molecule has 0 aliphatic heterocycles. The number of nitrogens with zero attached hydrogens (tertiary/aromatic N) is 1. The lowest BCUT2D eigenvalue weighted by molar-refractivity contribution is 0.338. The van der Waals surface area contributed by atoms with Crippen LogP contribution in [0.5, 0.6) is 5.75 Å². The van der Waals surface area contributed by atoms with Crippen molar-refractivity contribution in [3.05, 3.63) is 57.2 Å². The van der Waals surface area contributed by atoms with Gasteiger partial charge in [-0.15, -0.1) is 0 Å². The molecule has 20 heavy (non-hydrogen) atoms. The van der Waals surface area contributed by atoms with Gasteiger partial charge in [0.25, 0.3) is 0 Å². The van der Waals surface area contributed by atoms with E-state index in [-0.39, 0.29) is 11.9 Å². The third-order valence-electron chi connectivity index (χ3n) is 2.94. The SMILES string of the molecule is CCOc1cncc(C(NC)c2ccc(F)cc2I)c1. The average Bonchev–Trinajstić information content (AvgIpc) is 2.43. The molecule has 0 saturated carbocycles. The zero-order valence-electron chi connectivity index (χ0n) is 11.4. The van der Waals surface area contributed by atoms with Crippen LogP contribution in [-0.4, -0.2) is 18.6 Å². The summed E-state index contributed by atoms with van der Waals surface area (Å²) in [5, 5.41) is 3.24. The Morgan fingerprint density at radius 1 is 1.35 bits per heavy atom. The number of rotatable bonds is 5. The van der Waals surface area contributed by atoms with Crippen molar-refractivity contribution in [3.8, 4) is 5.75 Å².